The van der Waals surface area contributed by atoms with E-state index in [9.17, 15) is 0 Å². The van der Waals surface area contributed by atoms with E-state index >= 15 is 0 Å². The summed E-state index contributed by atoms with van der Waals surface area (Å²) < 4.78 is 3.18. The molecule has 0 atom stereocenters. The maximum Gasteiger partial charge on any atom is 0.0663 e. The molecule has 0 spiro atoms. The van der Waals surface area contributed by atoms with Crippen LogP contribution in [0.3, 0.4) is 0 Å². The molecule has 0 radical (unpaired) electrons. The van der Waals surface area contributed by atoms with E-state index in [1.807, 2.05) is 13.1 Å². The Morgan fingerprint density at radius 1 is 1.33 bits per heavy atom. The third-order valence-electron chi connectivity index (χ3n) is 3.11. The smallest absolute Gasteiger partial charge is 0.0663 e. The van der Waals surface area contributed by atoms with Gasteiger partial charge in [-0.25, -0.2) is 0 Å². The van der Waals surface area contributed by atoms with Gasteiger partial charge in [0.15, 0.2) is 0 Å². The van der Waals surface area contributed by atoms with Crippen molar-refractivity contribution in [3.8, 4) is 0 Å². The van der Waals surface area contributed by atoms with Crippen LogP contribution >= 0.6 is 15.9 Å². The van der Waals surface area contributed by atoms with E-state index < -0.39 is 0 Å². The van der Waals surface area contributed by atoms with Gasteiger partial charge < -0.3 is 5.32 Å². The normalized spacial score (nSPS) is 10.9. The number of nitrogens with one attached hydrogen (secondary N) is 1. The molecule has 1 aromatic heterocycles. The molecule has 1 aromatic carbocycles. The summed E-state index contributed by atoms with van der Waals surface area (Å²) in [7, 11) is 1.96. The molecule has 0 aliphatic heterocycles. The molecule has 0 saturated carbocycles. The number of rotatable bonds is 4. The third-order valence-corrected chi connectivity index (χ3v) is 3.60. The summed E-state index contributed by atoms with van der Waals surface area (Å²) in [5, 5.41) is 7.81. The Balaban J connectivity index is 2.27. The molecule has 0 bridgehead atoms. The second-order valence-corrected chi connectivity index (χ2v) is 5.38. The Kier molecular flexibility index (Phi) is 4.19. The molecule has 1 heterocycles. The summed E-state index contributed by atoms with van der Waals surface area (Å²) in [6, 6.07) is 8.35. The van der Waals surface area contributed by atoms with E-state index in [1.54, 1.807) is 0 Å². The van der Waals surface area contributed by atoms with Crippen molar-refractivity contribution in [1.29, 1.82) is 0 Å². The van der Waals surface area contributed by atoms with Crippen molar-refractivity contribution < 1.29 is 0 Å². The second kappa shape index (κ2) is 5.67. The minimum atomic E-state index is 0.815. The minimum Gasteiger partial charge on any atom is -0.316 e. The predicted octanol–water partition coefficient (Wildman–Crippen LogP) is 3.03. The van der Waals surface area contributed by atoms with E-state index in [-0.39, 0.29) is 0 Å². The molecular weight excluding hydrogens is 290 g/mol. The molecule has 0 fully saturated rings. The van der Waals surface area contributed by atoms with E-state index in [2.05, 4.69) is 63.1 Å². The molecule has 0 saturated heterocycles. The van der Waals surface area contributed by atoms with Gasteiger partial charge in [-0.05, 0) is 38.6 Å². The minimum absolute atomic E-state index is 0.815. The molecule has 0 unspecified atom stereocenters. The van der Waals surface area contributed by atoms with Crippen molar-refractivity contribution in [3.05, 3.63) is 51.3 Å². The number of hydrogen-bond acceptors (Lipinski definition) is 2. The average Bonchev–Trinajstić information content (AvgIpc) is 2.57. The number of aryl methyl sites for hydroxylation is 1. The van der Waals surface area contributed by atoms with Gasteiger partial charge in [-0.3, -0.25) is 4.68 Å². The summed E-state index contributed by atoms with van der Waals surface area (Å²) in [5.41, 5.74) is 4.90. The highest BCUT2D eigenvalue weighted by molar-refractivity contribution is 9.10. The van der Waals surface area contributed by atoms with Crippen LogP contribution in [0.5, 0.6) is 0 Å². The predicted molar refractivity (Wildman–Crippen MR) is 77.7 cm³/mol. The van der Waals surface area contributed by atoms with Gasteiger partial charge in [0, 0.05) is 22.3 Å². The molecule has 96 valence electrons. The number of hydrogen-bond donors (Lipinski definition) is 1. The summed E-state index contributed by atoms with van der Waals surface area (Å²) in [4.78, 5) is 0. The molecule has 0 amide bonds. The molecule has 3 nitrogen and oxygen atoms in total. The van der Waals surface area contributed by atoms with E-state index in [1.165, 1.54) is 16.8 Å². The summed E-state index contributed by atoms with van der Waals surface area (Å²) in [6.07, 6.45) is 0. The van der Waals surface area contributed by atoms with Crippen molar-refractivity contribution in [2.45, 2.75) is 26.9 Å². The fourth-order valence-corrected chi connectivity index (χ4v) is 2.58. The van der Waals surface area contributed by atoms with Crippen LogP contribution in [0.1, 0.15) is 22.5 Å². The van der Waals surface area contributed by atoms with Gasteiger partial charge in [0.2, 0.25) is 0 Å². The Labute approximate surface area is 116 Å². The van der Waals surface area contributed by atoms with Crippen LogP contribution in [0.2, 0.25) is 0 Å². The van der Waals surface area contributed by atoms with Crippen molar-refractivity contribution in [2.75, 3.05) is 7.05 Å². The lowest BCUT2D eigenvalue weighted by molar-refractivity contribution is 0.657. The van der Waals surface area contributed by atoms with Crippen molar-refractivity contribution in [1.82, 2.24) is 15.1 Å². The summed E-state index contributed by atoms with van der Waals surface area (Å²) >= 11 is 3.50. The van der Waals surface area contributed by atoms with E-state index in [4.69, 9.17) is 0 Å². The molecule has 4 heteroatoms. The average molecular weight is 308 g/mol. The third kappa shape index (κ3) is 2.82. The SMILES string of the molecule is CNCc1c(C)nn(Cc2cccc(Br)c2)c1C. The number of benzene rings is 1. The van der Waals surface area contributed by atoms with Crippen LogP contribution < -0.4 is 5.32 Å². The van der Waals surface area contributed by atoms with Crippen LogP contribution in [-0.2, 0) is 13.1 Å². The number of aromatic nitrogens is 2. The first kappa shape index (κ1) is 13.3. The maximum absolute atomic E-state index is 4.62. The van der Waals surface area contributed by atoms with Gasteiger partial charge in [0.1, 0.15) is 0 Å². The molecular formula is C14H18BrN3. The lowest BCUT2D eigenvalue weighted by Crippen LogP contribution is -2.08. The standard InChI is InChI=1S/C14H18BrN3/c1-10-14(8-16-3)11(2)18(17-10)9-12-5-4-6-13(15)7-12/h4-7,16H,8-9H2,1-3H3. The molecule has 2 rings (SSSR count). The largest absolute Gasteiger partial charge is 0.316 e. The first-order valence-corrected chi connectivity index (χ1v) is 6.83. The van der Waals surface area contributed by atoms with Crippen LogP contribution in [0, 0.1) is 13.8 Å². The highest BCUT2D eigenvalue weighted by atomic mass is 79.9. The van der Waals surface area contributed by atoms with E-state index in [0.717, 1.165) is 23.3 Å². The molecule has 0 aliphatic rings. The van der Waals surface area contributed by atoms with E-state index in [0.29, 0.717) is 0 Å². The zero-order valence-corrected chi connectivity index (χ0v) is 12.6. The van der Waals surface area contributed by atoms with Crippen molar-refractivity contribution in [3.63, 3.8) is 0 Å². The van der Waals surface area contributed by atoms with Crippen LogP contribution in [-0.4, -0.2) is 16.8 Å². The quantitative estimate of drug-likeness (QED) is 0.941. The van der Waals surface area contributed by atoms with Gasteiger partial charge in [-0.15, -0.1) is 0 Å². The highest BCUT2D eigenvalue weighted by Gasteiger charge is 2.10. The van der Waals surface area contributed by atoms with Gasteiger partial charge in [0.05, 0.1) is 12.2 Å². The van der Waals surface area contributed by atoms with Crippen LogP contribution in [0.15, 0.2) is 28.7 Å². The first-order valence-electron chi connectivity index (χ1n) is 6.03. The van der Waals surface area contributed by atoms with Gasteiger partial charge in [0.25, 0.3) is 0 Å². The van der Waals surface area contributed by atoms with Crippen molar-refractivity contribution >= 4 is 15.9 Å². The Morgan fingerprint density at radius 2 is 2.11 bits per heavy atom. The number of nitrogens with zero attached hydrogens (tertiary/aromatic N) is 2. The van der Waals surface area contributed by atoms with Crippen LogP contribution in [0.4, 0.5) is 0 Å². The van der Waals surface area contributed by atoms with Gasteiger partial charge in [-0.2, -0.15) is 5.10 Å². The zero-order valence-electron chi connectivity index (χ0n) is 11.0. The second-order valence-electron chi connectivity index (χ2n) is 4.47. The van der Waals surface area contributed by atoms with Gasteiger partial charge >= 0.3 is 0 Å². The highest BCUT2D eigenvalue weighted by Crippen LogP contribution is 2.16. The first-order chi connectivity index (χ1) is 8.61. The summed E-state index contributed by atoms with van der Waals surface area (Å²) in [6.45, 7) is 5.88. The van der Waals surface area contributed by atoms with Gasteiger partial charge in [-0.1, -0.05) is 28.1 Å². The molecule has 18 heavy (non-hydrogen) atoms. The Morgan fingerprint density at radius 3 is 2.78 bits per heavy atom. The molecule has 0 aliphatic carbocycles. The lowest BCUT2D eigenvalue weighted by atomic mass is 10.2. The monoisotopic (exact) mass is 307 g/mol. The molecule has 1 N–H and O–H groups in total. The zero-order chi connectivity index (χ0) is 13.1. The maximum atomic E-state index is 4.62. The van der Waals surface area contributed by atoms with Crippen LogP contribution in [0.25, 0.3) is 0 Å². The number of halogens is 1. The van der Waals surface area contributed by atoms with Crippen molar-refractivity contribution in [2.24, 2.45) is 0 Å². The lowest BCUT2D eigenvalue weighted by Gasteiger charge is -2.06. The topological polar surface area (TPSA) is 29.9 Å². The summed E-state index contributed by atoms with van der Waals surface area (Å²) in [5.74, 6) is 0. The Hall–Kier alpha value is -1.13. The fraction of sp³-hybridized carbons (Fsp3) is 0.357. The fourth-order valence-electron chi connectivity index (χ4n) is 2.13. The Bertz CT molecular complexity index is 546. The molecule has 2 aromatic rings.